The molecule has 4 nitrogen and oxygen atoms in total. The largest absolute Gasteiger partial charge is 0.508 e. The summed E-state index contributed by atoms with van der Waals surface area (Å²) in [7, 11) is 0. The maximum absolute atomic E-state index is 10.9. The molecule has 1 amide bonds. The number of hydroxylamine groups is 1. The Morgan fingerprint density at radius 3 is 2.37 bits per heavy atom. The Kier molecular flexibility index (Phi) is 4.58. The summed E-state index contributed by atoms with van der Waals surface area (Å²) >= 11 is 0. The van der Waals surface area contributed by atoms with Crippen molar-refractivity contribution >= 4 is 5.91 Å². The van der Waals surface area contributed by atoms with E-state index >= 15 is 0 Å². The summed E-state index contributed by atoms with van der Waals surface area (Å²) in [6, 6.07) is 7.42. The monoisotopic (exact) mass is 261 g/mol. The first-order valence-electron chi connectivity index (χ1n) is 6.60. The van der Waals surface area contributed by atoms with Crippen LogP contribution in [0, 0.1) is 5.92 Å². The molecule has 102 valence electrons. The van der Waals surface area contributed by atoms with Crippen LogP contribution in [0.15, 0.2) is 36.4 Å². The Bertz CT molecular complexity index is 445. The van der Waals surface area contributed by atoms with Crippen LogP contribution in [-0.2, 0) is 4.79 Å². The van der Waals surface area contributed by atoms with Crippen LogP contribution in [0.2, 0.25) is 0 Å². The smallest absolute Gasteiger partial charge is 0.267 e. The molecule has 1 aliphatic carbocycles. The van der Waals surface area contributed by atoms with Crippen LogP contribution in [-0.4, -0.2) is 16.2 Å². The van der Waals surface area contributed by atoms with E-state index in [-0.39, 0.29) is 0 Å². The SMILES string of the molecule is O=C(/C=C/C1CCC(c2ccc(O)cc2)CC1)NO. The molecule has 1 aromatic carbocycles. The minimum absolute atomic E-state index is 0.301. The molecule has 0 heterocycles. The molecule has 1 fully saturated rings. The predicted octanol–water partition coefficient (Wildman–Crippen LogP) is 2.73. The van der Waals surface area contributed by atoms with Crippen molar-refractivity contribution in [2.24, 2.45) is 5.92 Å². The Morgan fingerprint density at radius 1 is 1.16 bits per heavy atom. The van der Waals surface area contributed by atoms with Gasteiger partial charge in [0, 0.05) is 6.08 Å². The molecule has 4 heteroatoms. The van der Waals surface area contributed by atoms with Gasteiger partial charge in [0.1, 0.15) is 5.75 Å². The van der Waals surface area contributed by atoms with Crippen molar-refractivity contribution in [2.45, 2.75) is 31.6 Å². The highest BCUT2D eigenvalue weighted by Crippen LogP contribution is 2.36. The second-order valence-electron chi connectivity index (χ2n) is 5.04. The lowest BCUT2D eigenvalue weighted by Crippen LogP contribution is -2.16. The second-order valence-corrected chi connectivity index (χ2v) is 5.04. The molecular weight excluding hydrogens is 242 g/mol. The first-order valence-corrected chi connectivity index (χ1v) is 6.60. The average Bonchev–Trinajstić information content (AvgIpc) is 2.46. The zero-order valence-electron chi connectivity index (χ0n) is 10.7. The fourth-order valence-corrected chi connectivity index (χ4v) is 2.65. The van der Waals surface area contributed by atoms with E-state index in [0.29, 0.717) is 17.6 Å². The highest BCUT2D eigenvalue weighted by molar-refractivity contribution is 5.86. The van der Waals surface area contributed by atoms with Gasteiger partial charge in [-0.1, -0.05) is 18.2 Å². The molecular formula is C15H19NO3. The average molecular weight is 261 g/mol. The number of carbonyl (C=O) groups is 1. The molecule has 0 spiro atoms. The minimum Gasteiger partial charge on any atom is -0.508 e. The number of hydrogen-bond donors (Lipinski definition) is 3. The van der Waals surface area contributed by atoms with Crippen LogP contribution in [0.4, 0.5) is 0 Å². The molecule has 0 radical (unpaired) electrons. The van der Waals surface area contributed by atoms with Gasteiger partial charge in [-0.05, 0) is 55.2 Å². The lowest BCUT2D eigenvalue weighted by molar-refractivity contribution is -0.124. The molecule has 19 heavy (non-hydrogen) atoms. The van der Waals surface area contributed by atoms with Crippen molar-refractivity contribution in [1.82, 2.24) is 5.48 Å². The Balaban J connectivity index is 1.87. The van der Waals surface area contributed by atoms with E-state index in [1.165, 1.54) is 11.6 Å². The van der Waals surface area contributed by atoms with Crippen molar-refractivity contribution in [1.29, 1.82) is 0 Å². The van der Waals surface area contributed by atoms with Crippen LogP contribution in [0.1, 0.15) is 37.2 Å². The van der Waals surface area contributed by atoms with Gasteiger partial charge in [0.15, 0.2) is 0 Å². The van der Waals surface area contributed by atoms with E-state index < -0.39 is 5.91 Å². The maximum atomic E-state index is 10.9. The molecule has 0 bridgehead atoms. The fraction of sp³-hybridized carbons (Fsp3) is 0.400. The predicted molar refractivity (Wildman–Crippen MR) is 71.9 cm³/mol. The number of phenols is 1. The lowest BCUT2D eigenvalue weighted by atomic mass is 9.78. The molecule has 2 rings (SSSR count). The summed E-state index contributed by atoms with van der Waals surface area (Å²) in [5.74, 6) is 0.777. The molecule has 3 N–H and O–H groups in total. The first-order chi connectivity index (χ1) is 9.19. The zero-order chi connectivity index (χ0) is 13.7. The van der Waals surface area contributed by atoms with Crippen molar-refractivity contribution < 1.29 is 15.1 Å². The zero-order valence-corrected chi connectivity index (χ0v) is 10.7. The van der Waals surface area contributed by atoms with Gasteiger partial charge in [0.05, 0.1) is 0 Å². The standard InChI is InChI=1S/C15H19NO3/c17-14-8-6-13(7-9-14)12-4-1-11(2-5-12)3-10-15(18)16-19/h3,6-12,17,19H,1-2,4-5H2,(H,16,18)/b10-3+. The van der Waals surface area contributed by atoms with Crippen LogP contribution in [0.3, 0.4) is 0 Å². The van der Waals surface area contributed by atoms with Crippen LogP contribution in [0.5, 0.6) is 5.75 Å². The summed E-state index contributed by atoms with van der Waals surface area (Å²) in [5, 5.41) is 17.7. The van der Waals surface area contributed by atoms with Crippen molar-refractivity contribution in [3.8, 4) is 5.75 Å². The highest BCUT2D eigenvalue weighted by Gasteiger charge is 2.20. The van der Waals surface area contributed by atoms with Gasteiger partial charge >= 0.3 is 0 Å². The van der Waals surface area contributed by atoms with E-state index in [2.05, 4.69) is 0 Å². The lowest BCUT2D eigenvalue weighted by Gasteiger charge is -2.27. The number of allylic oxidation sites excluding steroid dienone is 1. The third-order valence-corrected chi connectivity index (χ3v) is 3.77. The quantitative estimate of drug-likeness (QED) is 0.445. The van der Waals surface area contributed by atoms with Gasteiger partial charge in [0.2, 0.25) is 0 Å². The van der Waals surface area contributed by atoms with E-state index in [9.17, 15) is 9.90 Å². The van der Waals surface area contributed by atoms with Crippen molar-refractivity contribution in [3.05, 3.63) is 42.0 Å². The van der Waals surface area contributed by atoms with Gasteiger partial charge in [0.25, 0.3) is 5.91 Å². The van der Waals surface area contributed by atoms with Crippen molar-refractivity contribution in [2.75, 3.05) is 0 Å². The molecule has 0 unspecified atom stereocenters. The van der Waals surface area contributed by atoms with Gasteiger partial charge in [-0.15, -0.1) is 0 Å². The number of hydrogen-bond acceptors (Lipinski definition) is 3. The number of benzene rings is 1. The van der Waals surface area contributed by atoms with Crippen LogP contribution < -0.4 is 5.48 Å². The summed E-state index contributed by atoms with van der Waals surface area (Å²) in [6.45, 7) is 0. The molecule has 1 saturated carbocycles. The molecule has 0 saturated heterocycles. The van der Waals surface area contributed by atoms with Gasteiger partial charge in [-0.25, -0.2) is 5.48 Å². The van der Waals surface area contributed by atoms with E-state index in [1.807, 2.05) is 18.2 Å². The van der Waals surface area contributed by atoms with E-state index in [0.717, 1.165) is 25.7 Å². The number of phenolic OH excluding ortho intramolecular Hbond substituents is 1. The van der Waals surface area contributed by atoms with Gasteiger partial charge in [-0.2, -0.15) is 0 Å². The third kappa shape index (κ3) is 3.83. The second kappa shape index (κ2) is 6.38. The minimum atomic E-state index is -0.472. The highest BCUT2D eigenvalue weighted by atomic mass is 16.5. The van der Waals surface area contributed by atoms with Crippen LogP contribution >= 0.6 is 0 Å². The van der Waals surface area contributed by atoms with E-state index in [1.54, 1.807) is 17.6 Å². The molecule has 0 atom stereocenters. The number of aromatic hydroxyl groups is 1. The normalized spacial score (nSPS) is 23.4. The van der Waals surface area contributed by atoms with Gasteiger partial charge in [-0.3, -0.25) is 10.0 Å². The maximum Gasteiger partial charge on any atom is 0.267 e. The Hall–Kier alpha value is -1.81. The summed E-state index contributed by atoms with van der Waals surface area (Å²) < 4.78 is 0. The molecule has 1 aliphatic rings. The number of nitrogens with one attached hydrogen (secondary N) is 1. The fourth-order valence-electron chi connectivity index (χ4n) is 2.65. The van der Waals surface area contributed by atoms with Gasteiger partial charge < -0.3 is 5.11 Å². The number of amides is 1. The summed E-state index contributed by atoms with van der Waals surface area (Å²) in [5.41, 5.74) is 2.87. The Morgan fingerprint density at radius 2 is 1.79 bits per heavy atom. The molecule has 0 aliphatic heterocycles. The summed E-state index contributed by atoms with van der Waals surface area (Å²) in [4.78, 5) is 10.9. The molecule has 1 aromatic rings. The molecule has 0 aromatic heterocycles. The topological polar surface area (TPSA) is 69.6 Å². The number of rotatable bonds is 3. The summed E-state index contributed by atoms with van der Waals surface area (Å²) in [6.07, 6.45) is 7.52. The number of carbonyl (C=O) groups excluding carboxylic acids is 1. The van der Waals surface area contributed by atoms with Crippen LogP contribution in [0.25, 0.3) is 0 Å². The Labute approximate surface area is 112 Å². The van der Waals surface area contributed by atoms with Crippen molar-refractivity contribution in [3.63, 3.8) is 0 Å². The first kappa shape index (κ1) is 13.6. The van der Waals surface area contributed by atoms with E-state index in [4.69, 9.17) is 5.21 Å². The third-order valence-electron chi connectivity index (χ3n) is 3.77.